The number of fused-ring (bicyclic) bond motifs is 1. The van der Waals surface area contributed by atoms with E-state index in [4.69, 9.17) is 0 Å². The molecule has 1 radical (unpaired) electrons. The van der Waals surface area contributed by atoms with E-state index in [1.807, 2.05) is 0 Å². The largest absolute Gasteiger partial charge is 0.141 e. The Morgan fingerprint density at radius 2 is 2.33 bits per heavy atom. The topological polar surface area (TPSA) is 0 Å². The Morgan fingerprint density at radius 3 is 3.22 bits per heavy atom. The molecule has 1 saturated carbocycles. The summed E-state index contributed by atoms with van der Waals surface area (Å²) < 4.78 is 0. The van der Waals surface area contributed by atoms with Crippen LogP contribution in [-0.2, 0) is 0 Å². The zero-order valence-corrected chi connectivity index (χ0v) is 5.72. The number of allylic oxidation sites excluding steroid dienone is 1. The lowest BCUT2D eigenvalue weighted by Gasteiger charge is -2.18. The van der Waals surface area contributed by atoms with Crippen LogP contribution in [0.25, 0.3) is 0 Å². The predicted octanol–water partition coefficient (Wildman–Crippen LogP) is 2.05. The van der Waals surface area contributed by atoms with Gasteiger partial charge in [0.25, 0.3) is 0 Å². The Morgan fingerprint density at radius 1 is 1.33 bits per heavy atom. The second-order valence-electron chi connectivity index (χ2n) is 3.21. The van der Waals surface area contributed by atoms with Crippen molar-refractivity contribution >= 4 is 7.28 Å². The third-order valence-corrected chi connectivity index (χ3v) is 2.65. The molecule has 2 atom stereocenters. The lowest BCUT2D eigenvalue weighted by molar-refractivity contribution is 0.497. The maximum atomic E-state index is 2.39. The molecule has 0 bridgehead atoms. The maximum absolute atomic E-state index is 2.39. The van der Waals surface area contributed by atoms with Crippen molar-refractivity contribution in [3.05, 3.63) is 12.1 Å². The first-order valence-electron chi connectivity index (χ1n) is 3.97. The van der Waals surface area contributed by atoms with Crippen LogP contribution in [0, 0.1) is 11.8 Å². The van der Waals surface area contributed by atoms with Gasteiger partial charge >= 0.3 is 0 Å². The summed E-state index contributed by atoms with van der Waals surface area (Å²) in [5.74, 6) is 4.22. The van der Waals surface area contributed by atoms with Gasteiger partial charge in [0.15, 0.2) is 0 Å². The van der Waals surface area contributed by atoms with Gasteiger partial charge in [-0.3, -0.25) is 0 Å². The van der Waals surface area contributed by atoms with Crippen LogP contribution in [-0.4, -0.2) is 7.28 Å². The van der Waals surface area contributed by atoms with E-state index >= 15 is 0 Å². The van der Waals surface area contributed by atoms with Crippen LogP contribution in [0.5, 0.6) is 0 Å². The van der Waals surface area contributed by atoms with Crippen molar-refractivity contribution in [2.24, 2.45) is 11.8 Å². The standard InChI is InChI=1S/C8H12B/c1-2-7-4-5-9-6-8(7)3-1/h4-5,7-8H,1-3,6H2. The molecular formula is C8H12B. The minimum atomic E-state index is 0.954. The van der Waals surface area contributed by atoms with Gasteiger partial charge in [-0.25, -0.2) is 0 Å². The van der Waals surface area contributed by atoms with E-state index < -0.39 is 0 Å². The van der Waals surface area contributed by atoms with Gasteiger partial charge in [0.2, 0.25) is 0 Å². The van der Waals surface area contributed by atoms with E-state index in [1.54, 1.807) is 0 Å². The van der Waals surface area contributed by atoms with Gasteiger partial charge in [0.05, 0.1) is 0 Å². The Balaban J connectivity index is 2.10. The fraction of sp³-hybridized carbons (Fsp3) is 0.750. The summed E-state index contributed by atoms with van der Waals surface area (Å²) in [5, 5.41) is 0. The molecule has 47 valence electrons. The minimum absolute atomic E-state index is 0.954. The average Bonchev–Trinajstić information content (AvgIpc) is 2.33. The molecular weight excluding hydrogens is 107 g/mol. The van der Waals surface area contributed by atoms with Crippen molar-refractivity contribution in [2.75, 3.05) is 0 Å². The van der Waals surface area contributed by atoms with E-state index in [0.29, 0.717) is 0 Å². The highest BCUT2D eigenvalue weighted by molar-refractivity contribution is 6.42. The summed E-state index contributed by atoms with van der Waals surface area (Å²) in [6, 6.07) is 0. The highest BCUT2D eigenvalue weighted by atomic mass is 14.3. The molecule has 0 N–H and O–H groups in total. The first-order valence-corrected chi connectivity index (χ1v) is 3.97. The number of rotatable bonds is 0. The maximum Gasteiger partial charge on any atom is 0.141 e. The van der Waals surface area contributed by atoms with Crippen LogP contribution in [0.15, 0.2) is 12.1 Å². The van der Waals surface area contributed by atoms with Crippen LogP contribution in [0.1, 0.15) is 19.3 Å². The van der Waals surface area contributed by atoms with E-state index in [-0.39, 0.29) is 0 Å². The second-order valence-corrected chi connectivity index (χ2v) is 3.21. The van der Waals surface area contributed by atoms with Crippen molar-refractivity contribution in [1.82, 2.24) is 0 Å². The van der Waals surface area contributed by atoms with Gasteiger partial charge in [-0.05, 0) is 18.3 Å². The molecule has 2 unspecified atom stereocenters. The van der Waals surface area contributed by atoms with Crippen LogP contribution >= 0.6 is 0 Å². The molecule has 9 heavy (non-hydrogen) atoms. The fourth-order valence-electron chi connectivity index (χ4n) is 2.09. The summed E-state index contributed by atoms with van der Waals surface area (Å²) in [7, 11) is 2.31. The molecule has 0 amide bonds. The highest BCUT2D eigenvalue weighted by Gasteiger charge is 2.26. The summed E-state index contributed by atoms with van der Waals surface area (Å²) in [6.45, 7) is 0. The van der Waals surface area contributed by atoms with E-state index in [0.717, 1.165) is 11.8 Å². The summed E-state index contributed by atoms with van der Waals surface area (Å²) >= 11 is 0. The van der Waals surface area contributed by atoms with E-state index in [9.17, 15) is 0 Å². The first-order chi connectivity index (χ1) is 4.47. The molecule has 1 heterocycles. The molecule has 2 rings (SSSR count). The third kappa shape index (κ3) is 0.931. The van der Waals surface area contributed by atoms with Crippen LogP contribution < -0.4 is 0 Å². The first kappa shape index (κ1) is 5.58. The Bertz CT molecular complexity index is 129. The van der Waals surface area contributed by atoms with Crippen molar-refractivity contribution < 1.29 is 0 Å². The summed E-state index contributed by atoms with van der Waals surface area (Å²) in [4.78, 5) is 0. The van der Waals surface area contributed by atoms with Crippen molar-refractivity contribution in [3.8, 4) is 0 Å². The molecule has 0 aromatic carbocycles. The molecule has 1 aliphatic heterocycles. The van der Waals surface area contributed by atoms with Crippen LogP contribution in [0.2, 0.25) is 6.32 Å². The Kier molecular flexibility index (Phi) is 1.37. The molecule has 1 heteroatoms. The molecule has 1 aliphatic carbocycles. The van der Waals surface area contributed by atoms with Crippen LogP contribution in [0.4, 0.5) is 0 Å². The SMILES string of the molecule is [B]1C=CC2CCCC2C1. The highest BCUT2D eigenvalue weighted by Crippen LogP contribution is 2.36. The Hall–Kier alpha value is -0.195. The van der Waals surface area contributed by atoms with Gasteiger partial charge in [-0.1, -0.05) is 25.2 Å². The summed E-state index contributed by atoms with van der Waals surface area (Å²) in [5.41, 5.74) is 0. The van der Waals surface area contributed by atoms with Gasteiger partial charge < -0.3 is 0 Å². The zero-order chi connectivity index (χ0) is 6.10. The molecule has 1 fully saturated rings. The number of hydrogen-bond donors (Lipinski definition) is 0. The zero-order valence-electron chi connectivity index (χ0n) is 5.72. The molecule has 0 spiro atoms. The lowest BCUT2D eigenvalue weighted by Crippen LogP contribution is -2.11. The van der Waals surface area contributed by atoms with E-state index in [2.05, 4.69) is 19.3 Å². The van der Waals surface area contributed by atoms with Crippen molar-refractivity contribution in [2.45, 2.75) is 25.6 Å². The van der Waals surface area contributed by atoms with Gasteiger partial charge in [0, 0.05) is 0 Å². The molecule has 0 saturated heterocycles. The Labute approximate surface area is 57.6 Å². The monoisotopic (exact) mass is 119 g/mol. The van der Waals surface area contributed by atoms with Gasteiger partial charge in [0.1, 0.15) is 7.28 Å². The average molecular weight is 119 g/mol. The second kappa shape index (κ2) is 2.20. The normalized spacial score (nSPS) is 40.0. The molecule has 0 aromatic heterocycles. The minimum Gasteiger partial charge on any atom is -0.126 e. The molecule has 0 nitrogen and oxygen atoms in total. The number of hydrogen-bond acceptors (Lipinski definition) is 0. The van der Waals surface area contributed by atoms with Crippen molar-refractivity contribution in [1.29, 1.82) is 0 Å². The molecule has 2 aliphatic rings. The van der Waals surface area contributed by atoms with Gasteiger partial charge in [-0.15, -0.1) is 5.98 Å². The smallest absolute Gasteiger partial charge is 0.126 e. The molecule has 0 aromatic rings. The third-order valence-electron chi connectivity index (χ3n) is 2.65. The van der Waals surface area contributed by atoms with E-state index in [1.165, 1.54) is 25.6 Å². The lowest BCUT2D eigenvalue weighted by atomic mass is 9.63. The van der Waals surface area contributed by atoms with Crippen LogP contribution in [0.3, 0.4) is 0 Å². The van der Waals surface area contributed by atoms with Crippen molar-refractivity contribution in [3.63, 3.8) is 0 Å². The fourth-order valence-corrected chi connectivity index (χ4v) is 2.09. The predicted molar refractivity (Wildman–Crippen MR) is 40.5 cm³/mol. The quantitative estimate of drug-likeness (QED) is 0.428. The van der Waals surface area contributed by atoms with Gasteiger partial charge in [-0.2, -0.15) is 0 Å². The summed E-state index contributed by atoms with van der Waals surface area (Å²) in [6.07, 6.45) is 8.14.